The summed E-state index contributed by atoms with van der Waals surface area (Å²) in [7, 11) is 0. The van der Waals surface area contributed by atoms with Gasteiger partial charge in [-0.1, -0.05) is 200 Å². The zero-order chi connectivity index (χ0) is 68.7. The Morgan fingerprint density at radius 1 is 0.500 bits per heavy atom. The Hall–Kier alpha value is -9.74. The van der Waals surface area contributed by atoms with Crippen LogP contribution in [0.4, 0.5) is 5.82 Å². The van der Waals surface area contributed by atoms with E-state index in [1.165, 1.54) is 11.3 Å². The summed E-state index contributed by atoms with van der Waals surface area (Å²) in [5, 5.41) is 45.5. The van der Waals surface area contributed by atoms with Gasteiger partial charge >= 0.3 is 5.97 Å². The molecule has 1 radical (unpaired) electrons. The Bertz CT molecular complexity index is 4520. The zero-order valence-electron chi connectivity index (χ0n) is 56.2. The van der Waals surface area contributed by atoms with Crippen LogP contribution in [-0.2, 0) is 28.1 Å². The van der Waals surface area contributed by atoms with Gasteiger partial charge in [0, 0.05) is 64.5 Å². The van der Waals surface area contributed by atoms with E-state index in [9.17, 15) is 9.90 Å². The number of pyridine rings is 2. The first-order valence-electron chi connectivity index (χ1n) is 33.7. The maximum Gasteiger partial charge on any atom is 0.345 e. The molecule has 13 aromatic rings. The van der Waals surface area contributed by atoms with Crippen LogP contribution in [0, 0.1) is 0 Å². The number of aliphatic hydroxyl groups excluding tert-OH is 2. The van der Waals surface area contributed by atoms with Crippen molar-refractivity contribution in [3.8, 4) is 34.0 Å². The number of aromatic nitrogens is 6. The summed E-state index contributed by atoms with van der Waals surface area (Å²) in [5.74, 6) is 1.66. The maximum absolute atomic E-state index is 10.1. The van der Waals surface area contributed by atoms with E-state index in [4.69, 9.17) is 46.5 Å². The van der Waals surface area contributed by atoms with Crippen molar-refractivity contribution in [3.05, 3.63) is 316 Å². The van der Waals surface area contributed by atoms with Gasteiger partial charge in [0.25, 0.3) is 0 Å². The second kappa shape index (κ2) is 33.4. The van der Waals surface area contributed by atoms with Crippen LogP contribution in [0.15, 0.2) is 273 Å². The molecule has 2 fully saturated rings. The Labute approximate surface area is 604 Å². The molecular formula is C83H81ClCuN8O6S. The molecule has 5 aromatic heterocycles. The third-order valence-electron chi connectivity index (χ3n) is 17.7. The topological polar surface area (TPSA) is 173 Å². The molecule has 0 bridgehead atoms. The SMILES string of the molecule is CC(C)Oc1ccc2c(c1)c(-c1ccnc(Cl)c1)nn2C(c1ccccc1)(c1ccccc1)c1ccccc1.CC(C)Oc1ccc2c(c1)c(-c1ccnc(N3CCC(O)CC3)c1)nn2C(c1ccccc1)(c1ccccc1)c1ccccc1.O=C(O)c1cccs1.OC1CCNCC1.[Cu]. The maximum atomic E-state index is 10.1. The van der Waals surface area contributed by atoms with Gasteiger partial charge in [0.15, 0.2) is 0 Å². The molecule has 0 unspecified atom stereocenters. The van der Waals surface area contributed by atoms with E-state index in [1.807, 2.05) is 82.4 Å². The van der Waals surface area contributed by atoms with Crippen molar-refractivity contribution in [3.63, 3.8) is 0 Å². The molecule has 0 saturated carbocycles. The molecule has 4 N–H and O–H groups in total. The molecule has 513 valence electrons. The van der Waals surface area contributed by atoms with Crippen molar-refractivity contribution in [2.75, 3.05) is 31.1 Å². The number of halogens is 1. The number of hydrogen-bond donors (Lipinski definition) is 4. The van der Waals surface area contributed by atoms with Crippen molar-refractivity contribution in [1.29, 1.82) is 0 Å². The summed E-state index contributed by atoms with van der Waals surface area (Å²) in [6, 6.07) is 87.4. The van der Waals surface area contributed by atoms with Gasteiger partial charge in [-0.15, -0.1) is 11.3 Å². The van der Waals surface area contributed by atoms with Crippen LogP contribution in [0.3, 0.4) is 0 Å². The number of benzene rings is 8. The number of aliphatic hydroxyl groups is 2. The van der Waals surface area contributed by atoms with Crippen LogP contribution < -0.4 is 19.7 Å². The van der Waals surface area contributed by atoms with Crippen molar-refractivity contribution < 1.29 is 46.7 Å². The van der Waals surface area contributed by atoms with E-state index >= 15 is 0 Å². The Morgan fingerprint density at radius 2 is 0.880 bits per heavy atom. The molecule has 2 saturated heterocycles. The number of carboxylic acids is 1. The largest absolute Gasteiger partial charge is 0.491 e. The van der Waals surface area contributed by atoms with Gasteiger partial charge in [-0.2, -0.15) is 10.2 Å². The number of carbonyl (C=O) groups is 1. The molecule has 0 amide bonds. The third-order valence-corrected chi connectivity index (χ3v) is 18.7. The van der Waals surface area contributed by atoms with Crippen molar-refractivity contribution >= 4 is 56.5 Å². The molecule has 14 nitrogen and oxygen atoms in total. The van der Waals surface area contributed by atoms with Crippen LogP contribution in [0.2, 0.25) is 5.15 Å². The van der Waals surface area contributed by atoms with Crippen molar-refractivity contribution in [2.24, 2.45) is 0 Å². The molecular weight excluding hydrogens is 1340 g/mol. The molecule has 8 aromatic carbocycles. The number of nitrogens with one attached hydrogen (secondary N) is 1. The van der Waals surface area contributed by atoms with Gasteiger partial charge < -0.3 is 35.0 Å². The fraction of sp³-hybridized carbons (Fsp3) is 0.217. The van der Waals surface area contributed by atoms with Crippen LogP contribution in [0.25, 0.3) is 44.3 Å². The number of aromatic carboxylic acids is 1. The number of thiophene rings is 1. The first kappa shape index (κ1) is 71.5. The van der Waals surface area contributed by atoms with Crippen molar-refractivity contribution in [2.45, 2.75) is 88.9 Å². The molecule has 2 aliphatic heterocycles. The van der Waals surface area contributed by atoms with E-state index in [0.29, 0.717) is 10.0 Å². The van der Waals surface area contributed by atoms with Crippen LogP contribution in [0.5, 0.6) is 11.5 Å². The minimum absolute atomic E-state index is 0. The van der Waals surface area contributed by atoms with E-state index in [0.717, 1.165) is 147 Å². The molecule has 15 rings (SSSR count). The second-order valence-corrected chi connectivity index (χ2v) is 26.4. The van der Waals surface area contributed by atoms with Crippen LogP contribution in [0.1, 0.15) is 96.4 Å². The second-order valence-electron chi connectivity index (χ2n) is 25.1. The molecule has 17 heteroatoms. The Morgan fingerprint density at radius 3 is 1.21 bits per heavy atom. The number of carboxylic acid groups (broad SMARTS) is 1. The summed E-state index contributed by atoms with van der Waals surface area (Å²) in [4.78, 5) is 21.7. The zero-order valence-corrected chi connectivity index (χ0v) is 58.7. The van der Waals surface area contributed by atoms with Gasteiger partial charge in [-0.25, -0.2) is 24.1 Å². The standard InChI is InChI=1S/C39H38N4O2.C34H28ClN3O.C5H11NO.C5H4O2S.Cu/c1-28(2)45-34-18-19-36-35(27-34)38(29-20-23-40-37(26-29)42-24-21-33(44)22-25-42)41-43(36)39(30-12-6-3-7-13-30,31-14-8-4-9-15-31)32-16-10-5-11-17-32;1-24(2)39-29-18-19-31-30(23-29)33(25-20-21-36-32(35)22-25)37-38(31)34(26-12-6-3-7-13-26,27-14-8-4-9-15-27)28-16-10-5-11-17-28;7-5-1-3-6-4-2-5;6-5(7)4-2-1-3-8-4;/h3-20,23,26-28,33,44H,21-22,24-25H2,1-2H3;3-24H,1-2H3;5-7H,1-4H2;1-3H,(H,6,7);. The number of fused-ring (bicyclic) bond motifs is 2. The summed E-state index contributed by atoms with van der Waals surface area (Å²) in [5.41, 5.74) is 10.7. The molecule has 7 heterocycles. The minimum atomic E-state index is -0.847. The normalized spacial score (nSPS) is 13.5. The number of anilines is 1. The number of piperidine rings is 2. The quantitative estimate of drug-likeness (QED) is 0.0410. The number of rotatable bonds is 16. The number of nitrogens with zero attached hydrogens (tertiary/aromatic N) is 7. The van der Waals surface area contributed by atoms with Gasteiger partial charge in [0.2, 0.25) is 0 Å². The van der Waals surface area contributed by atoms with Crippen LogP contribution in [-0.4, -0.2) is 101 Å². The summed E-state index contributed by atoms with van der Waals surface area (Å²) >= 11 is 7.59. The summed E-state index contributed by atoms with van der Waals surface area (Å²) < 4.78 is 16.7. The van der Waals surface area contributed by atoms with E-state index < -0.39 is 17.0 Å². The Balaban J connectivity index is 0.000000166. The molecule has 0 atom stereocenters. The summed E-state index contributed by atoms with van der Waals surface area (Å²) in [6.07, 6.45) is 6.75. The number of hydrogen-bond acceptors (Lipinski definition) is 12. The van der Waals surface area contributed by atoms with E-state index in [-0.39, 0.29) is 41.5 Å². The molecule has 100 heavy (non-hydrogen) atoms. The fourth-order valence-electron chi connectivity index (χ4n) is 13.2. The van der Waals surface area contributed by atoms with Gasteiger partial charge in [0.05, 0.1) is 35.4 Å². The smallest absolute Gasteiger partial charge is 0.345 e. The first-order valence-corrected chi connectivity index (χ1v) is 35.0. The van der Waals surface area contributed by atoms with Gasteiger partial charge in [0.1, 0.15) is 49.8 Å². The minimum Gasteiger partial charge on any atom is -0.491 e. The monoisotopic (exact) mass is 1420 g/mol. The fourth-order valence-corrected chi connectivity index (χ4v) is 14.0. The predicted molar refractivity (Wildman–Crippen MR) is 399 cm³/mol. The average Bonchev–Trinajstić information content (AvgIpc) is 1.53. The average molecular weight is 1420 g/mol. The molecule has 0 spiro atoms. The first-order chi connectivity index (χ1) is 48.3. The van der Waals surface area contributed by atoms with E-state index in [1.54, 1.807) is 23.7 Å². The van der Waals surface area contributed by atoms with Gasteiger partial charge in [-0.3, -0.25) is 0 Å². The molecule has 0 aliphatic carbocycles. The number of ether oxygens (including phenoxy) is 2. The van der Waals surface area contributed by atoms with E-state index in [2.05, 4.69) is 219 Å². The van der Waals surface area contributed by atoms with Crippen LogP contribution >= 0.6 is 22.9 Å². The third kappa shape index (κ3) is 16.0. The van der Waals surface area contributed by atoms with Gasteiger partial charge in [-0.05, 0) is 172 Å². The Kier molecular flexibility index (Phi) is 23.9. The summed E-state index contributed by atoms with van der Waals surface area (Å²) in [6.45, 7) is 11.7. The predicted octanol–water partition coefficient (Wildman–Crippen LogP) is 17.2. The van der Waals surface area contributed by atoms with Crippen molar-refractivity contribution in [1.82, 2.24) is 34.8 Å². The molecule has 2 aliphatic rings.